The third-order valence-corrected chi connectivity index (χ3v) is 5.83. The topological polar surface area (TPSA) is 158 Å². The monoisotopic (exact) mass is 542 g/mol. The number of carbonyl (C=O) groups excluding carboxylic acids is 1. The Labute approximate surface area is 223 Å². The number of aliphatic hydroxyl groups is 1. The van der Waals surface area contributed by atoms with E-state index in [1.54, 1.807) is 50.2 Å². The summed E-state index contributed by atoms with van der Waals surface area (Å²) >= 11 is 6.14. The summed E-state index contributed by atoms with van der Waals surface area (Å²) in [7, 11) is 0. The molecule has 200 valence electrons. The van der Waals surface area contributed by atoms with E-state index in [1.807, 2.05) is 0 Å². The molecule has 0 aromatic heterocycles. The smallest absolute Gasteiger partial charge is 0.341 e. The number of ether oxygens (including phenoxy) is 1. The van der Waals surface area contributed by atoms with E-state index in [9.17, 15) is 19.1 Å². The van der Waals surface area contributed by atoms with Crippen molar-refractivity contribution in [3.8, 4) is 5.75 Å². The number of nitrogens with one attached hydrogen (secondary N) is 3. The number of amidine groups is 1. The van der Waals surface area contributed by atoms with Crippen molar-refractivity contribution in [1.29, 1.82) is 5.41 Å². The summed E-state index contributed by atoms with van der Waals surface area (Å²) in [6.07, 6.45) is -1.10. The maximum atomic E-state index is 14.5. The lowest BCUT2D eigenvalue weighted by Crippen LogP contribution is -2.17. The summed E-state index contributed by atoms with van der Waals surface area (Å²) in [6, 6.07) is 13.3. The van der Waals surface area contributed by atoms with Gasteiger partial charge in [0, 0.05) is 39.6 Å². The molecule has 0 aliphatic heterocycles. The predicted molar refractivity (Wildman–Crippen MR) is 144 cm³/mol. The second-order valence-electron chi connectivity index (χ2n) is 8.84. The molecule has 3 rings (SSSR count). The van der Waals surface area contributed by atoms with E-state index in [0.717, 1.165) is 6.07 Å². The zero-order chi connectivity index (χ0) is 28.0. The molecule has 0 aliphatic carbocycles. The number of carboxylic acids is 1. The second-order valence-corrected chi connectivity index (χ2v) is 9.28. The van der Waals surface area contributed by atoms with Gasteiger partial charge in [-0.2, -0.15) is 0 Å². The average molecular weight is 543 g/mol. The van der Waals surface area contributed by atoms with Gasteiger partial charge in [-0.15, -0.1) is 0 Å². The molecule has 0 radical (unpaired) electrons. The minimum Gasteiger partial charge on any atom is -0.481 e. The molecule has 0 saturated carbocycles. The molecule has 7 N–H and O–H groups in total. The van der Waals surface area contributed by atoms with Crippen molar-refractivity contribution < 1.29 is 28.9 Å². The first-order chi connectivity index (χ1) is 18.0. The molecule has 0 heterocycles. The van der Waals surface area contributed by atoms with E-state index >= 15 is 0 Å². The summed E-state index contributed by atoms with van der Waals surface area (Å²) in [4.78, 5) is 24.2. The number of anilines is 2. The van der Waals surface area contributed by atoms with Crippen LogP contribution >= 0.6 is 11.6 Å². The normalized spacial score (nSPS) is 11.6. The fourth-order valence-corrected chi connectivity index (χ4v) is 3.85. The number of nitrogens with two attached hydrogens (primary N) is 1. The number of amides is 1. The first-order valence-electron chi connectivity index (χ1n) is 11.6. The molecule has 1 atom stereocenters. The second kappa shape index (κ2) is 12.4. The number of rotatable bonds is 11. The molecule has 1 unspecified atom stereocenters. The van der Waals surface area contributed by atoms with Gasteiger partial charge in [0.25, 0.3) is 5.91 Å². The molecule has 11 heteroatoms. The maximum Gasteiger partial charge on any atom is 0.341 e. The van der Waals surface area contributed by atoms with Crippen LogP contribution in [0.25, 0.3) is 0 Å². The molecule has 38 heavy (non-hydrogen) atoms. The van der Waals surface area contributed by atoms with Gasteiger partial charge in [0.15, 0.2) is 6.61 Å². The quantitative estimate of drug-likeness (QED) is 0.150. The zero-order valence-corrected chi connectivity index (χ0v) is 21.5. The Morgan fingerprint density at radius 2 is 1.82 bits per heavy atom. The molecular formula is C27H28ClFN4O5. The average Bonchev–Trinajstić information content (AvgIpc) is 2.86. The number of carboxylic acid groups (broad SMARTS) is 1. The van der Waals surface area contributed by atoms with Gasteiger partial charge in [-0.1, -0.05) is 25.4 Å². The van der Waals surface area contributed by atoms with Crippen molar-refractivity contribution in [2.24, 2.45) is 11.7 Å². The number of halogens is 2. The SMILES string of the molecule is CC(C)C(O)c1cc(F)cc(CNc2ccc(Cl)cc2C(=O)Nc2ccc(C(=N)N)cc2)c1OCC(=O)O. The first kappa shape index (κ1) is 28.4. The molecule has 0 fully saturated rings. The van der Waals surface area contributed by atoms with Gasteiger partial charge in [-0.25, -0.2) is 9.18 Å². The van der Waals surface area contributed by atoms with Crippen molar-refractivity contribution >= 4 is 40.7 Å². The highest BCUT2D eigenvalue weighted by atomic mass is 35.5. The molecule has 0 spiro atoms. The summed E-state index contributed by atoms with van der Waals surface area (Å²) in [5.74, 6) is -2.69. The first-order valence-corrected chi connectivity index (χ1v) is 12.0. The summed E-state index contributed by atoms with van der Waals surface area (Å²) in [5.41, 5.74) is 7.38. The molecule has 9 nitrogen and oxygen atoms in total. The molecule has 0 bridgehead atoms. The molecular weight excluding hydrogens is 515 g/mol. The van der Waals surface area contributed by atoms with E-state index in [1.165, 1.54) is 12.1 Å². The molecule has 3 aromatic rings. The molecule has 3 aromatic carbocycles. The van der Waals surface area contributed by atoms with Crippen LogP contribution in [0.3, 0.4) is 0 Å². The van der Waals surface area contributed by atoms with Crippen LogP contribution in [0.15, 0.2) is 54.6 Å². The zero-order valence-electron chi connectivity index (χ0n) is 20.7. The van der Waals surface area contributed by atoms with Gasteiger partial charge < -0.3 is 31.3 Å². The largest absolute Gasteiger partial charge is 0.481 e. The van der Waals surface area contributed by atoms with Crippen molar-refractivity contribution in [2.75, 3.05) is 17.2 Å². The Bertz CT molecular complexity index is 1350. The van der Waals surface area contributed by atoms with Crippen molar-refractivity contribution in [3.63, 3.8) is 0 Å². The summed E-state index contributed by atoms with van der Waals surface area (Å²) < 4.78 is 20.0. The predicted octanol–water partition coefficient (Wildman–Crippen LogP) is 4.78. The molecule has 1 amide bonds. The lowest BCUT2D eigenvalue weighted by atomic mass is 9.95. The van der Waals surface area contributed by atoms with E-state index in [-0.39, 0.29) is 40.7 Å². The van der Waals surface area contributed by atoms with Gasteiger partial charge in [-0.05, 0) is 60.5 Å². The van der Waals surface area contributed by atoms with E-state index in [2.05, 4.69) is 10.6 Å². The highest BCUT2D eigenvalue weighted by Crippen LogP contribution is 2.35. The third kappa shape index (κ3) is 7.21. The Morgan fingerprint density at radius 3 is 2.42 bits per heavy atom. The standard InChI is InChI=1S/C27H28ClFN4O5/c1-14(2)24(36)21-11-18(29)9-16(25(21)38-13-23(34)35)12-32-22-8-5-17(28)10-20(22)27(37)33-19-6-3-15(4-7-19)26(30)31/h3-11,14,24,32,36H,12-13H2,1-2H3,(H3,30,31)(H,33,37)(H,34,35). The fraction of sp³-hybridized carbons (Fsp3) is 0.222. The van der Waals surface area contributed by atoms with Gasteiger partial charge >= 0.3 is 5.97 Å². The number of benzene rings is 3. The molecule has 0 saturated heterocycles. The van der Waals surface area contributed by atoms with Crippen LogP contribution < -0.4 is 21.1 Å². The minimum absolute atomic E-state index is 0.0491. The number of carbonyl (C=O) groups is 2. The van der Waals surface area contributed by atoms with Crippen molar-refractivity contribution in [1.82, 2.24) is 0 Å². The van der Waals surface area contributed by atoms with Gasteiger partial charge in [-0.3, -0.25) is 10.2 Å². The van der Waals surface area contributed by atoms with Crippen LogP contribution in [0, 0.1) is 17.1 Å². The fourth-order valence-electron chi connectivity index (χ4n) is 3.67. The Kier molecular flexibility index (Phi) is 9.27. The van der Waals surface area contributed by atoms with E-state index in [0.29, 0.717) is 22.0 Å². The lowest BCUT2D eigenvalue weighted by molar-refractivity contribution is -0.139. The number of aliphatic carboxylic acids is 1. The van der Waals surface area contributed by atoms with E-state index in [4.69, 9.17) is 32.6 Å². The van der Waals surface area contributed by atoms with Crippen LogP contribution in [0.5, 0.6) is 5.75 Å². The number of hydrogen-bond donors (Lipinski definition) is 6. The van der Waals surface area contributed by atoms with Crippen LogP contribution in [-0.4, -0.2) is 34.5 Å². The van der Waals surface area contributed by atoms with Crippen LogP contribution in [0.2, 0.25) is 5.02 Å². The van der Waals surface area contributed by atoms with Crippen molar-refractivity contribution in [3.05, 3.63) is 87.7 Å². The van der Waals surface area contributed by atoms with E-state index < -0.39 is 30.4 Å². The Balaban J connectivity index is 1.90. The van der Waals surface area contributed by atoms with Gasteiger partial charge in [0.05, 0.1) is 11.7 Å². The third-order valence-electron chi connectivity index (χ3n) is 5.60. The maximum absolute atomic E-state index is 14.5. The lowest BCUT2D eigenvalue weighted by Gasteiger charge is -2.22. The van der Waals surface area contributed by atoms with Gasteiger partial charge in [0.2, 0.25) is 0 Å². The summed E-state index contributed by atoms with van der Waals surface area (Å²) in [6.45, 7) is 2.73. The van der Waals surface area contributed by atoms with Crippen LogP contribution in [0.1, 0.15) is 47.0 Å². The minimum atomic E-state index is -1.23. The summed E-state index contributed by atoms with van der Waals surface area (Å²) in [5, 5.41) is 33.3. The molecule has 0 aliphatic rings. The number of aliphatic hydroxyl groups excluding tert-OH is 1. The van der Waals surface area contributed by atoms with Crippen molar-refractivity contribution in [2.45, 2.75) is 26.5 Å². The van der Waals surface area contributed by atoms with Gasteiger partial charge in [0.1, 0.15) is 17.4 Å². The number of nitrogen functional groups attached to an aromatic ring is 1. The Hall–Kier alpha value is -4.15. The highest BCUT2D eigenvalue weighted by molar-refractivity contribution is 6.31. The van der Waals surface area contributed by atoms with Crippen LogP contribution in [-0.2, 0) is 11.3 Å². The Morgan fingerprint density at radius 1 is 1.13 bits per heavy atom. The highest BCUT2D eigenvalue weighted by Gasteiger charge is 2.23. The number of hydrogen-bond acceptors (Lipinski definition) is 6. The van der Waals surface area contributed by atoms with Crippen LogP contribution in [0.4, 0.5) is 15.8 Å².